The maximum absolute atomic E-state index is 14.6. The van der Waals surface area contributed by atoms with Crippen LogP contribution < -0.4 is 19.9 Å². The van der Waals surface area contributed by atoms with Crippen molar-refractivity contribution in [3.63, 3.8) is 0 Å². The van der Waals surface area contributed by atoms with Crippen LogP contribution in [0.3, 0.4) is 0 Å². The predicted molar refractivity (Wildman–Crippen MR) is 159 cm³/mol. The molecule has 0 unspecified atom stereocenters. The first-order valence-corrected chi connectivity index (χ1v) is 13.7. The molecule has 1 amide bonds. The van der Waals surface area contributed by atoms with Crippen LogP contribution in [0.4, 0.5) is 4.39 Å². The van der Waals surface area contributed by atoms with Gasteiger partial charge in [0.2, 0.25) is 5.91 Å². The molecule has 0 bridgehead atoms. The largest absolute Gasteiger partial charge is 0.497 e. The fraction of sp³-hybridized carbons (Fsp3) is 0.265. The molecule has 4 aromatic rings. The molecule has 0 aromatic heterocycles. The van der Waals surface area contributed by atoms with Crippen LogP contribution in [0.2, 0.25) is 0 Å². The molecular weight excluding hydrogens is 519 g/mol. The fourth-order valence-corrected chi connectivity index (χ4v) is 4.93. The van der Waals surface area contributed by atoms with Crippen molar-refractivity contribution in [2.75, 3.05) is 33.9 Å². The Kier molecular flexibility index (Phi) is 10.7. The number of primary amides is 1. The molecule has 0 atom stereocenters. The lowest BCUT2D eigenvalue weighted by molar-refractivity contribution is -0.117. The third-order valence-electron chi connectivity index (χ3n) is 6.98. The van der Waals surface area contributed by atoms with Gasteiger partial charge < -0.3 is 19.9 Å². The van der Waals surface area contributed by atoms with E-state index in [0.717, 1.165) is 23.6 Å². The van der Waals surface area contributed by atoms with Crippen molar-refractivity contribution >= 4 is 5.91 Å². The predicted octanol–water partition coefficient (Wildman–Crippen LogP) is 5.97. The SMILES string of the molecule is COc1ccc(CN(CCCOc2ccc(CC(N)=O)cc2F)CC(c2ccccc2)c2ccccc2)c(OC)c1. The summed E-state index contributed by atoms with van der Waals surface area (Å²) in [4.78, 5) is 13.5. The highest BCUT2D eigenvalue weighted by Crippen LogP contribution is 2.29. The Morgan fingerprint density at radius 1 is 0.854 bits per heavy atom. The average Bonchev–Trinajstić information content (AvgIpc) is 2.99. The molecule has 0 radical (unpaired) electrons. The molecule has 41 heavy (non-hydrogen) atoms. The molecule has 0 spiro atoms. The van der Waals surface area contributed by atoms with Crippen LogP contribution in [0.25, 0.3) is 0 Å². The van der Waals surface area contributed by atoms with Gasteiger partial charge >= 0.3 is 0 Å². The van der Waals surface area contributed by atoms with Crippen LogP contribution in [-0.4, -0.2) is 44.7 Å². The lowest BCUT2D eigenvalue weighted by atomic mass is 9.90. The van der Waals surface area contributed by atoms with E-state index in [1.807, 2.05) is 30.3 Å². The van der Waals surface area contributed by atoms with Crippen molar-refractivity contribution in [2.45, 2.75) is 25.3 Å². The van der Waals surface area contributed by atoms with Gasteiger partial charge in [-0.15, -0.1) is 0 Å². The quantitative estimate of drug-likeness (QED) is 0.183. The number of methoxy groups -OCH3 is 2. The van der Waals surface area contributed by atoms with E-state index in [-0.39, 0.29) is 18.1 Å². The summed E-state index contributed by atoms with van der Waals surface area (Å²) in [5.74, 6) is 0.805. The smallest absolute Gasteiger partial charge is 0.221 e. The number of rotatable bonds is 15. The van der Waals surface area contributed by atoms with Gasteiger partial charge in [0.05, 0.1) is 27.2 Å². The molecule has 0 aliphatic heterocycles. The van der Waals surface area contributed by atoms with Gasteiger partial charge in [-0.2, -0.15) is 0 Å². The molecule has 0 aliphatic carbocycles. The Balaban J connectivity index is 1.52. The number of amides is 1. The third-order valence-corrected chi connectivity index (χ3v) is 6.98. The van der Waals surface area contributed by atoms with Crippen LogP contribution in [0.5, 0.6) is 17.2 Å². The highest BCUT2D eigenvalue weighted by Gasteiger charge is 2.20. The minimum atomic E-state index is -0.504. The number of carbonyl (C=O) groups is 1. The maximum Gasteiger partial charge on any atom is 0.221 e. The number of halogens is 1. The number of carbonyl (C=O) groups excluding carboxylic acids is 1. The molecular formula is C34H37FN2O4. The van der Waals surface area contributed by atoms with E-state index >= 15 is 0 Å². The van der Waals surface area contributed by atoms with Crippen LogP contribution >= 0.6 is 0 Å². The van der Waals surface area contributed by atoms with E-state index in [0.29, 0.717) is 31.7 Å². The molecule has 4 aromatic carbocycles. The molecule has 7 heteroatoms. The summed E-state index contributed by atoms with van der Waals surface area (Å²) in [5, 5.41) is 0. The van der Waals surface area contributed by atoms with Gasteiger partial charge in [-0.05, 0) is 41.3 Å². The van der Waals surface area contributed by atoms with Gasteiger partial charge in [0.25, 0.3) is 0 Å². The summed E-state index contributed by atoms with van der Waals surface area (Å²) in [6.45, 7) is 2.47. The zero-order chi connectivity index (χ0) is 29.0. The van der Waals surface area contributed by atoms with E-state index in [1.165, 1.54) is 17.2 Å². The number of nitrogens with two attached hydrogens (primary N) is 1. The van der Waals surface area contributed by atoms with Gasteiger partial charge in [-0.3, -0.25) is 9.69 Å². The molecule has 0 saturated heterocycles. The Bertz CT molecular complexity index is 1360. The number of benzene rings is 4. The summed E-state index contributed by atoms with van der Waals surface area (Å²) in [5.41, 5.74) is 9.27. The minimum absolute atomic E-state index is 0.00895. The van der Waals surface area contributed by atoms with Crippen LogP contribution in [0.1, 0.15) is 34.6 Å². The van der Waals surface area contributed by atoms with Crippen molar-refractivity contribution in [3.05, 3.63) is 125 Å². The van der Waals surface area contributed by atoms with E-state index in [1.54, 1.807) is 26.4 Å². The van der Waals surface area contributed by atoms with E-state index in [9.17, 15) is 9.18 Å². The lowest BCUT2D eigenvalue weighted by Crippen LogP contribution is -2.31. The third kappa shape index (κ3) is 8.56. The molecule has 0 fully saturated rings. The number of hydrogen-bond donors (Lipinski definition) is 1. The second kappa shape index (κ2) is 14.9. The van der Waals surface area contributed by atoms with Gasteiger partial charge in [0, 0.05) is 37.2 Å². The number of ether oxygens (including phenoxy) is 3. The summed E-state index contributed by atoms with van der Waals surface area (Å²) in [7, 11) is 3.30. The second-order valence-corrected chi connectivity index (χ2v) is 9.90. The highest BCUT2D eigenvalue weighted by atomic mass is 19.1. The Morgan fingerprint density at radius 2 is 1.54 bits per heavy atom. The molecule has 0 saturated carbocycles. The zero-order valence-corrected chi connectivity index (χ0v) is 23.6. The lowest BCUT2D eigenvalue weighted by Gasteiger charge is -2.29. The number of nitrogens with zero attached hydrogens (tertiary/aromatic N) is 1. The van der Waals surface area contributed by atoms with Crippen molar-refractivity contribution in [1.29, 1.82) is 0 Å². The van der Waals surface area contributed by atoms with Crippen molar-refractivity contribution in [3.8, 4) is 17.2 Å². The monoisotopic (exact) mass is 556 g/mol. The standard InChI is InChI=1S/C34H37FN2O4/c1-39-29-16-15-28(33(22-29)40-2)23-37(18-9-19-41-32-17-14-25(20-31(32)35)21-34(36)38)24-30(26-10-5-3-6-11-26)27-12-7-4-8-13-27/h3-8,10-17,20,22,30H,9,18-19,21,23-24H2,1-2H3,(H2,36,38). The molecule has 214 valence electrons. The van der Waals surface area contributed by atoms with Gasteiger partial charge in [-0.25, -0.2) is 4.39 Å². The second-order valence-electron chi connectivity index (χ2n) is 9.90. The Hall–Kier alpha value is -4.36. The topological polar surface area (TPSA) is 74.0 Å². The average molecular weight is 557 g/mol. The molecule has 6 nitrogen and oxygen atoms in total. The van der Waals surface area contributed by atoms with E-state index in [2.05, 4.69) is 53.4 Å². The van der Waals surface area contributed by atoms with Crippen LogP contribution in [-0.2, 0) is 17.8 Å². The molecule has 0 heterocycles. The van der Waals surface area contributed by atoms with E-state index < -0.39 is 11.7 Å². The van der Waals surface area contributed by atoms with Crippen molar-refractivity contribution in [2.24, 2.45) is 5.73 Å². The van der Waals surface area contributed by atoms with Crippen molar-refractivity contribution < 1.29 is 23.4 Å². The molecule has 2 N–H and O–H groups in total. The van der Waals surface area contributed by atoms with Crippen LogP contribution in [0.15, 0.2) is 97.1 Å². The molecule has 4 rings (SSSR count). The first kappa shape index (κ1) is 29.6. The molecule has 0 aliphatic rings. The highest BCUT2D eigenvalue weighted by molar-refractivity contribution is 5.76. The maximum atomic E-state index is 14.6. The summed E-state index contributed by atoms with van der Waals surface area (Å²) < 4.78 is 31.4. The van der Waals surface area contributed by atoms with Gasteiger partial charge in [-0.1, -0.05) is 72.8 Å². The summed E-state index contributed by atoms with van der Waals surface area (Å²) >= 11 is 0. The summed E-state index contributed by atoms with van der Waals surface area (Å²) in [6, 6.07) is 31.4. The van der Waals surface area contributed by atoms with Crippen LogP contribution in [0, 0.1) is 5.82 Å². The van der Waals surface area contributed by atoms with Crippen molar-refractivity contribution in [1.82, 2.24) is 4.90 Å². The van der Waals surface area contributed by atoms with Gasteiger partial charge in [0.1, 0.15) is 11.5 Å². The first-order valence-electron chi connectivity index (χ1n) is 13.7. The fourth-order valence-electron chi connectivity index (χ4n) is 4.93. The normalized spacial score (nSPS) is 11.0. The minimum Gasteiger partial charge on any atom is -0.497 e. The Labute approximate surface area is 241 Å². The van der Waals surface area contributed by atoms with E-state index in [4.69, 9.17) is 19.9 Å². The summed E-state index contributed by atoms with van der Waals surface area (Å²) in [6.07, 6.45) is 0.669. The number of hydrogen-bond acceptors (Lipinski definition) is 5. The Morgan fingerprint density at radius 3 is 2.12 bits per heavy atom. The first-order chi connectivity index (χ1) is 20.0. The zero-order valence-electron chi connectivity index (χ0n) is 23.6. The van der Waals surface area contributed by atoms with Gasteiger partial charge in [0.15, 0.2) is 11.6 Å².